The fourth-order valence-electron chi connectivity index (χ4n) is 1.87. The third kappa shape index (κ3) is 2.53. The number of Topliss-reactive ketones (excluding diaryl/α,β-unsaturated/α-hetero) is 2. The molecule has 0 aliphatic carbocycles. The Morgan fingerprint density at radius 1 is 1.44 bits per heavy atom. The predicted octanol–water partition coefficient (Wildman–Crippen LogP) is 2.89. The molecule has 0 spiro atoms. The molecule has 84 valence electrons. The average Bonchev–Trinajstić information content (AvgIpc) is 2.41. The van der Waals surface area contributed by atoms with Crippen molar-refractivity contribution in [1.82, 2.24) is 0 Å². The van der Waals surface area contributed by atoms with E-state index in [0.717, 1.165) is 28.2 Å². The van der Waals surface area contributed by atoms with Gasteiger partial charge in [0.1, 0.15) is 5.78 Å². The molecule has 0 saturated heterocycles. The van der Waals surface area contributed by atoms with Crippen LogP contribution in [0.5, 0.6) is 0 Å². The zero-order chi connectivity index (χ0) is 11.5. The molecule has 1 aromatic carbocycles. The Labute approximate surface area is 99.4 Å². The number of hydrogen-bond acceptors (Lipinski definition) is 3. The Balaban J connectivity index is 2.35. The molecular formula is C13H14O2S. The molecule has 16 heavy (non-hydrogen) atoms. The highest BCUT2D eigenvalue weighted by Crippen LogP contribution is 2.29. The molecule has 2 rings (SSSR count). The summed E-state index contributed by atoms with van der Waals surface area (Å²) in [7, 11) is 0. The van der Waals surface area contributed by atoms with E-state index in [1.165, 1.54) is 0 Å². The van der Waals surface area contributed by atoms with Gasteiger partial charge in [0.2, 0.25) is 0 Å². The maximum absolute atomic E-state index is 11.8. The highest BCUT2D eigenvalue weighted by Gasteiger charge is 2.16. The molecule has 0 N–H and O–H groups in total. The number of ketones is 2. The van der Waals surface area contributed by atoms with Crippen LogP contribution in [0.3, 0.4) is 0 Å². The lowest BCUT2D eigenvalue weighted by Gasteiger charge is -2.06. The summed E-state index contributed by atoms with van der Waals surface area (Å²) in [5.41, 5.74) is 1.75. The lowest BCUT2D eigenvalue weighted by atomic mass is 10.0. The van der Waals surface area contributed by atoms with Crippen molar-refractivity contribution in [2.75, 3.05) is 5.75 Å². The normalized spacial score (nSPS) is 15.4. The number of fused-ring (bicyclic) bond motifs is 1. The van der Waals surface area contributed by atoms with Gasteiger partial charge in [0.25, 0.3) is 0 Å². The Bertz CT molecular complexity index is 438. The summed E-state index contributed by atoms with van der Waals surface area (Å²) in [6.45, 7) is 1.57. The van der Waals surface area contributed by atoms with Crippen LogP contribution in [0.4, 0.5) is 0 Å². The molecule has 0 fully saturated rings. The Kier molecular flexibility index (Phi) is 3.44. The van der Waals surface area contributed by atoms with E-state index in [9.17, 15) is 9.59 Å². The van der Waals surface area contributed by atoms with Crippen molar-refractivity contribution in [3.05, 3.63) is 29.3 Å². The third-order valence-electron chi connectivity index (χ3n) is 2.60. The first-order valence-electron chi connectivity index (χ1n) is 5.45. The van der Waals surface area contributed by atoms with E-state index in [0.29, 0.717) is 12.8 Å². The highest BCUT2D eigenvalue weighted by atomic mass is 32.2. The SMILES string of the molecule is CC(=O)Cc1ccc2c(c1)C(=O)CCCS2. The number of thioether (sulfide) groups is 1. The Morgan fingerprint density at radius 3 is 3.00 bits per heavy atom. The van der Waals surface area contributed by atoms with Crippen LogP contribution >= 0.6 is 11.8 Å². The van der Waals surface area contributed by atoms with Gasteiger partial charge in [-0.2, -0.15) is 0 Å². The lowest BCUT2D eigenvalue weighted by Crippen LogP contribution is -2.02. The maximum Gasteiger partial charge on any atom is 0.164 e. The molecule has 1 aromatic rings. The summed E-state index contributed by atoms with van der Waals surface area (Å²) >= 11 is 1.74. The largest absolute Gasteiger partial charge is 0.300 e. The number of hydrogen-bond donors (Lipinski definition) is 0. The number of rotatable bonds is 2. The van der Waals surface area contributed by atoms with Crippen molar-refractivity contribution in [2.45, 2.75) is 31.1 Å². The first-order valence-corrected chi connectivity index (χ1v) is 6.44. The van der Waals surface area contributed by atoms with Crippen LogP contribution in [0.25, 0.3) is 0 Å². The zero-order valence-corrected chi connectivity index (χ0v) is 10.1. The van der Waals surface area contributed by atoms with Gasteiger partial charge in [0, 0.05) is 23.3 Å². The zero-order valence-electron chi connectivity index (χ0n) is 9.29. The monoisotopic (exact) mass is 234 g/mol. The van der Waals surface area contributed by atoms with Crippen LogP contribution in [0.15, 0.2) is 23.1 Å². The lowest BCUT2D eigenvalue weighted by molar-refractivity contribution is -0.116. The molecule has 0 amide bonds. The van der Waals surface area contributed by atoms with Crippen molar-refractivity contribution < 1.29 is 9.59 Å². The fourth-order valence-corrected chi connectivity index (χ4v) is 2.87. The molecule has 1 aliphatic heterocycles. The van der Waals surface area contributed by atoms with E-state index in [2.05, 4.69) is 0 Å². The minimum Gasteiger partial charge on any atom is -0.300 e. The van der Waals surface area contributed by atoms with Gasteiger partial charge in [0.05, 0.1) is 0 Å². The molecule has 0 atom stereocenters. The fraction of sp³-hybridized carbons (Fsp3) is 0.385. The summed E-state index contributed by atoms with van der Waals surface area (Å²) in [5, 5.41) is 0. The minimum absolute atomic E-state index is 0.133. The quantitative estimate of drug-likeness (QED) is 0.789. The smallest absolute Gasteiger partial charge is 0.164 e. The van der Waals surface area contributed by atoms with Crippen LogP contribution in [0, 0.1) is 0 Å². The van der Waals surface area contributed by atoms with Crippen molar-refractivity contribution >= 4 is 23.3 Å². The molecule has 0 bridgehead atoms. The van der Waals surface area contributed by atoms with Crippen LogP contribution in [0.2, 0.25) is 0 Å². The van der Waals surface area contributed by atoms with Gasteiger partial charge in [-0.15, -0.1) is 11.8 Å². The summed E-state index contributed by atoms with van der Waals surface area (Å²) in [6, 6.07) is 5.81. The molecule has 0 saturated carbocycles. The number of benzene rings is 1. The molecule has 0 radical (unpaired) electrons. The van der Waals surface area contributed by atoms with E-state index < -0.39 is 0 Å². The van der Waals surface area contributed by atoms with Gasteiger partial charge in [-0.05, 0) is 36.8 Å². The molecular weight excluding hydrogens is 220 g/mol. The summed E-state index contributed by atoms with van der Waals surface area (Å²) in [5.74, 6) is 1.35. The van der Waals surface area contributed by atoms with Crippen LogP contribution in [-0.4, -0.2) is 17.3 Å². The Hall–Kier alpha value is -1.09. The Morgan fingerprint density at radius 2 is 2.25 bits per heavy atom. The van der Waals surface area contributed by atoms with Crippen molar-refractivity contribution in [1.29, 1.82) is 0 Å². The van der Waals surface area contributed by atoms with E-state index in [1.807, 2.05) is 18.2 Å². The average molecular weight is 234 g/mol. The van der Waals surface area contributed by atoms with Crippen LogP contribution in [0.1, 0.15) is 35.7 Å². The third-order valence-corrected chi connectivity index (χ3v) is 3.76. The van der Waals surface area contributed by atoms with Crippen molar-refractivity contribution in [3.63, 3.8) is 0 Å². The van der Waals surface area contributed by atoms with Gasteiger partial charge in [-0.3, -0.25) is 9.59 Å². The first kappa shape index (κ1) is 11.4. The summed E-state index contributed by atoms with van der Waals surface area (Å²) in [6.07, 6.45) is 2.00. The second-order valence-electron chi connectivity index (χ2n) is 4.08. The van der Waals surface area contributed by atoms with Gasteiger partial charge in [-0.25, -0.2) is 0 Å². The summed E-state index contributed by atoms with van der Waals surface area (Å²) in [4.78, 5) is 24.0. The van der Waals surface area contributed by atoms with E-state index >= 15 is 0 Å². The van der Waals surface area contributed by atoms with E-state index in [-0.39, 0.29) is 11.6 Å². The number of carbonyl (C=O) groups excluding carboxylic acids is 2. The van der Waals surface area contributed by atoms with Crippen LogP contribution < -0.4 is 0 Å². The molecule has 0 unspecified atom stereocenters. The van der Waals surface area contributed by atoms with E-state index in [4.69, 9.17) is 0 Å². The van der Waals surface area contributed by atoms with Gasteiger partial charge in [0.15, 0.2) is 5.78 Å². The molecule has 1 heterocycles. The molecule has 1 aliphatic rings. The van der Waals surface area contributed by atoms with Gasteiger partial charge < -0.3 is 0 Å². The van der Waals surface area contributed by atoms with Gasteiger partial charge >= 0.3 is 0 Å². The molecule has 2 nitrogen and oxygen atoms in total. The summed E-state index contributed by atoms with van der Waals surface area (Å²) < 4.78 is 0. The maximum atomic E-state index is 11.8. The molecule has 3 heteroatoms. The molecule has 0 aromatic heterocycles. The number of carbonyl (C=O) groups is 2. The van der Waals surface area contributed by atoms with E-state index in [1.54, 1.807) is 18.7 Å². The minimum atomic E-state index is 0.133. The van der Waals surface area contributed by atoms with Gasteiger partial charge in [-0.1, -0.05) is 6.07 Å². The van der Waals surface area contributed by atoms with Crippen LogP contribution in [-0.2, 0) is 11.2 Å². The first-order chi connectivity index (χ1) is 7.66. The topological polar surface area (TPSA) is 34.1 Å². The standard InChI is InChI=1S/C13H14O2S/c1-9(14)7-10-4-5-13-11(8-10)12(15)3-2-6-16-13/h4-5,8H,2-3,6-7H2,1H3. The second kappa shape index (κ2) is 4.83. The second-order valence-corrected chi connectivity index (χ2v) is 5.22. The van der Waals surface area contributed by atoms with Crippen molar-refractivity contribution in [2.24, 2.45) is 0 Å². The van der Waals surface area contributed by atoms with Crippen molar-refractivity contribution in [3.8, 4) is 0 Å². The highest BCUT2D eigenvalue weighted by molar-refractivity contribution is 7.99. The predicted molar refractivity (Wildman–Crippen MR) is 65.1 cm³/mol.